The molecule has 1 saturated carbocycles. The average molecular weight is 374 g/mol. The van der Waals surface area contributed by atoms with Crippen LogP contribution in [0.2, 0.25) is 0 Å². The number of hydrogen-bond acceptors (Lipinski definition) is 4. The molecule has 1 saturated heterocycles. The van der Waals surface area contributed by atoms with Crippen molar-refractivity contribution in [3.63, 3.8) is 0 Å². The van der Waals surface area contributed by atoms with Crippen LogP contribution in [-0.4, -0.2) is 33.8 Å². The number of fused-ring (bicyclic) bond motifs is 2. The summed E-state index contributed by atoms with van der Waals surface area (Å²) < 4.78 is 0. The van der Waals surface area contributed by atoms with Gasteiger partial charge in [-0.05, 0) is 48.9 Å². The average Bonchev–Trinajstić information content (AvgIpc) is 3.34. The van der Waals surface area contributed by atoms with Gasteiger partial charge in [0.25, 0.3) is 0 Å². The number of pyridine rings is 1. The Labute approximate surface area is 164 Å². The third kappa shape index (κ3) is 3.48. The topological polar surface area (TPSA) is 86.1 Å². The van der Waals surface area contributed by atoms with Gasteiger partial charge in [0.1, 0.15) is 6.04 Å². The van der Waals surface area contributed by atoms with Gasteiger partial charge < -0.3 is 10.2 Å². The highest BCUT2D eigenvalue weighted by Gasteiger charge is 2.50. The molecule has 1 N–H and O–H groups in total. The summed E-state index contributed by atoms with van der Waals surface area (Å²) in [6, 6.07) is 14.6. The number of hydrogen-bond donors (Lipinski definition) is 1. The number of amides is 2. The van der Waals surface area contributed by atoms with Crippen LogP contribution in [0.5, 0.6) is 0 Å². The SMILES string of the molecule is N#Cc1ccccc1CNC(=O)C1C2CCC(C2)N1C(=O)Cc1ccccn1. The summed E-state index contributed by atoms with van der Waals surface area (Å²) in [5, 5.41) is 12.2. The first kappa shape index (κ1) is 18.2. The Kier molecular flexibility index (Phi) is 5.07. The number of nitriles is 1. The molecule has 1 aromatic heterocycles. The van der Waals surface area contributed by atoms with Crippen molar-refractivity contribution in [3.8, 4) is 6.07 Å². The molecular weight excluding hydrogens is 352 g/mol. The van der Waals surface area contributed by atoms with Crippen LogP contribution < -0.4 is 5.32 Å². The first-order valence-electron chi connectivity index (χ1n) is 9.64. The zero-order valence-corrected chi connectivity index (χ0v) is 15.5. The zero-order valence-electron chi connectivity index (χ0n) is 15.5. The van der Waals surface area contributed by atoms with E-state index in [2.05, 4.69) is 16.4 Å². The first-order valence-corrected chi connectivity index (χ1v) is 9.64. The molecule has 2 fully saturated rings. The fourth-order valence-electron chi connectivity index (χ4n) is 4.50. The Morgan fingerprint density at radius 3 is 2.79 bits per heavy atom. The van der Waals surface area contributed by atoms with Crippen LogP contribution >= 0.6 is 0 Å². The summed E-state index contributed by atoms with van der Waals surface area (Å²) in [7, 11) is 0. The molecule has 0 radical (unpaired) electrons. The van der Waals surface area contributed by atoms with Gasteiger partial charge in [-0.15, -0.1) is 0 Å². The van der Waals surface area contributed by atoms with E-state index in [9.17, 15) is 14.9 Å². The molecular formula is C22H22N4O2. The fourth-order valence-corrected chi connectivity index (χ4v) is 4.50. The number of benzene rings is 1. The summed E-state index contributed by atoms with van der Waals surface area (Å²) in [4.78, 5) is 32.0. The predicted molar refractivity (Wildman–Crippen MR) is 103 cm³/mol. The molecule has 1 aromatic carbocycles. The highest BCUT2D eigenvalue weighted by Crippen LogP contribution is 2.42. The van der Waals surface area contributed by atoms with E-state index in [1.54, 1.807) is 23.2 Å². The molecule has 3 atom stereocenters. The zero-order chi connectivity index (χ0) is 19.5. The monoisotopic (exact) mass is 374 g/mol. The van der Waals surface area contributed by atoms with E-state index in [0.717, 1.165) is 30.5 Å². The maximum absolute atomic E-state index is 13.0. The quantitative estimate of drug-likeness (QED) is 0.869. The molecule has 0 spiro atoms. The third-order valence-corrected chi connectivity index (χ3v) is 5.79. The van der Waals surface area contributed by atoms with Crippen LogP contribution in [0.3, 0.4) is 0 Å². The predicted octanol–water partition coefficient (Wildman–Crippen LogP) is 2.19. The van der Waals surface area contributed by atoms with Gasteiger partial charge in [-0.3, -0.25) is 14.6 Å². The molecule has 2 amide bonds. The van der Waals surface area contributed by atoms with Crippen molar-refractivity contribution < 1.29 is 9.59 Å². The van der Waals surface area contributed by atoms with Gasteiger partial charge >= 0.3 is 0 Å². The second-order valence-electron chi connectivity index (χ2n) is 7.46. The minimum absolute atomic E-state index is 0.0384. The molecule has 6 nitrogen and oxygen atoms in total. The molecule has 2 bridgehead atoms. The lowest BCUT2D eigenvalue weighted by molar-refractivity contribution is -0.142. The second kappa shape index (κ2) is 7.81. The number of likely N-dealkylation sites (tertiary alicyclic amines) is 1. The van der Waals surface area contributed by atoms with Crippen molar-refractivity contribution in [1.29, 1.82) is 5.26 Å². The van der Waals surface area contributed by atoms with E-state index in [1.807, 2.05) is 30.3 Å². The van der Waals surface area contributed by atoms with Crippen molar-refractivity contribution in [2.75, 3.05) is 0 Å². The number of aromatic nitrogens is 1. The summed E-state index contributed by atoms with van der Waals surface area (Å²) >= 11 is 0. The lowest BCUT2D eigenvalue weighted by Gasteiger charge is -2.34. The van der Waals surface area contributed by atoms with Crippen molar-refractivity contribution in [1.82, 2.24) is 15.2 Å². The van der Waals surface area contributed by atoms with Gasteiger partial charge in [-0.25, -0.2) is 0 Å². The molecule has 1 aliphatic carbocycles. The Morgan fingerprint density at radius 2 is 2.00 bits per heavy atom. The van der Waals surface area contributed by atoms with Gasteiger partial charge in [-0.1, -0.05) is 24.3 Å². The normalized spacial score (nSPS) is 22.7. The molecule has 2 heterocycles. The van der Waals surface area contributed by atoms with Crippen LogP contribution in [0.1, 0.15) is 36.1 Å². The molecule has 142 valence electrons. The maximum atomic E-state index is 13.0. The Bertz CT molecular complexity index is 922. The van der Waals surface area contributed by atoms with E-state index >= 15 is 0 Å². The Morgan fingerprint density at radius 1 is 1.18 bits per heavy atom. The second-order valence-corrected chi connectivity index (χ2v) is 7.46. The number of nitrogens with one attached hydrogen (secondary N) is 1. The molecule has 2 aliphatic rings. The van der Waals surface area contributed by atoms with Crippen LogP contribution in [0.15, 0.2) is 48.7 Å². The Balaban J connectivity index is 1.46. The minimum Gasteiger partial charge on any atom is -0.350 e. The van der Waals surface area contributed by atoms with Crippen molar-refractivity contribution in [3.05, 3.63) is 65.5 Å². The van der Waals surface area contributed by atoms with Crippen LogP contribution in [0.4, 0.5) is 0 Å². The van der Waals surface area contributed by atoms with Gasteiger partial charge in [0, 0.05) is 24.5 Å². The molecule has 3 unspecified atom stereocenters. The smallest absolute Gasteiger partial charge is 0.243 e. The lowest BCUT2D eigenvalue weighted by atomic mass is 9.97. The molecule has 2 aromatic rings. The fraction of sp³-hybridized carbons (Fsp3) is 0.364. The first-order chi connectivity index (χ1) is 13.7. The van der Waals surface area contributed by atoms with E-state index in [4.69, 9.17) is 0 Å². The summed E-state index contributed by atoms with van der Waals surface area (Å²) in [6.07, 6.45) is 4.71. The largest absolute Gasteiger partial charge is 0.350 e. The van der Waals surface area contributed by atoms with E-state index in [1.165, 1.54) is 0 Å². The molecule has 1 aliphatic heterocycles. The Hall–Kier alpha value is -3.20. The molecule has 4 rings (SSSR count). The molecule has 6 heteroatoms. The van der Waals surface area contributed by atoms with Crippen molar-refractivity contribution in [2.45, 2.75) is 44.3 Å². The van der Waals surface area contributed by atoms with Crippen LogP contribution in [0, 0.1) is 17.2 Å². The number of carbonyl (C=O) groups excluding carboxylic acids is 2. The van der Waals surface area contributed by atoms with Gasteiger partial charge in [-0.2, -0.15) is 5.26 Å². The summed E-state index contributed by atoms with van der Waals surface area (Å²) in [5.74, 6) is 0.0432. The number of carbonyl (C=O) groups is 2. The number of piperidine rings is 1. The lowest BCUT2D eigenvalue weighted by Crippen LogP contribution is -2.53. The van der Waals surface area contributed by atoms with Gasteiger partial charge in [0.05, 0.1) is 18.1 Å². The maximum Gasteiger partial charge on any atom is 0.243 e. The highest BCUT2D eigenvalue weighted by molar-refractivity contribution is 5.89. The van der Waals surface area contributed by atoms with E-state index in [-0.39, 0.29) is 30.2 Å². The number of rotatable bonds is 5. The van der Waals surface area contributed by atoms with Crippen LogP contribution in [0.25, 0.3) is 0 Å². The van der Waals surface area contributed by atoms with E-state index < -0.39 is 6.04 Å². The van der Waals surface area contributed by atoms with Crippen LogP contribution in [-0.2, 0) is 22.6 Å². The molecule has 28 heavy (non-hydrogen) atoms. The van der Waals surface area contributed by atoms with Gasteiger partial charge in [0.2, 0.25) is 11.8 Å². The highest BCUT2D eigenvalue weighted by atomic mass is 16.2. The number of nitrogens with zero attached hydrogens (tertiary/aromatic N) is 3. The third-order valence-electron chi connectivity index (χ3n) is 5.79. The minimum atomic E-state index is -0.427. The summed E-state index contributed by atoms with van der Waals surface area (Å²) in [6.45, 7) is 0.290. The standard InChI is InChI=1S/C22H22N4O2/c23-13-16-5-1-2-6-17(16)14-25-22(28)21-15-8-9-19(11-15)26(21)20(27)12-18-7-3-4-10-24-18/h1-7,10,15,19,21H,8-9,11-12,14H2,(H,25,28). The van der Waals surface area contributed by atoms with Gasteiger partial charge in [0.15, 0.2) is 0 Å². The van der Waals surface area contributed by atoms with E-state index in [0.29, 0.717) is 12.1 Å². The van der Waals surface area contributed by atoms with Crippen molar-refractivity contribution in [2.24, 2.45) is 5.92 Å². The summed E-state index contributed by atoms with van der Waals surface area (Å²) in [5.41, 5.74) is 2.06. The van der Waals surface area contributed by atoms with Crippen molar-refractivity contribution >= 4 is 11.8 Å².